The maximum Gasteiger partial charge on any atom is 0.374 e. The third-order valence-electron chi connectivity index (χ3n) is 5.17. The second-order valence-corrected chi connectivity index (χ2v) is 9.00. The van der Waals surface area contributed by atoms with E-state index in [4.69, 9.17) is 14.9 Å². The highest BCUT2D eigenvalue weighted by molar-refractivity contribution is 7.89. The van der Waals surface area contributed by atoms with E-state index in [9.17, 15) is 13.2 Å². The summed E-state index contributed by atoms with van der Waals surface area (Å²) in [7, 11) is -3.64. The third-order valence-corrected chi connectivity index (χ3v) is 7.03. The van der Waals surface area contributed by atoms with Gasteiger partial charge in [0, 0.05) is 30.1 Å². The number of hydrogen-bond acceptors (Lipinski definition) is 6. The summed E-state index contributed by atoms with van der Waals surface area (Å²) in [4.78, 5) is 12.2. The van der Waals surface area contributed by atoms with Gasteiger partial charge in [-0.15, -0.1) is 12.4 Å². The largest absolute Gasteiger partial charge is 0.460 e. The molecule has 1 aliphatic heterocycles. The van der Waals surface area contributed by atoms with Gasteiger partial charge < -0.3 is 14.9 Å². The number of nitrogens with zero attached hydrogens (tertiary/aromatic N) is 1. The number of rotatable bonds is 5. The lowest BCUT2D eigenvalue weighted by Crippen LogP contribution is -2.44. The van der Waals surface area contributed by atoms with Crippen molar-refractivity contribution in [3.8, 4) is 0 Å². The standard InChI is InChI=1S/C19H26N2O5S.ClH/c1-4-25-19(22)18-12(2)16-10-15(7-8-17(16)26-18)27(23,24)21-9-5-6-14(11-21)13(3)20;/h7-8,10,13-14H,4-6,9,11,20H2,1-3H3;1H. The summed E-state index contributed by atoms with van der Waals surface area (Å²) < 4.78 is 38.3. The molecule has 1 aromatic carbocycles. The van der Waals surface area contributed by atoms with Crippen LogP contribution in [0.4, 0.5) is 0 Å². The molecule has 2 heterocycles. The predicted molar refractivity (Wildman–Crippen MR) is 109 cm³/mol. The van der Waals surface area contributed by atoms with Crippen LogP contribution in [0.5, 0.6) is 0 Å². The molecule has 1 aliphatic rings. The fourth-order valence-electron chi connectivity index (χ4n) is 3.52. The Morgan fingerprint density at radius 2 is 2.14 bits per heavy atom. The lowest BCUT2D eigenvalue weighted by Gasteiger charge is -2.33. The van der Waals surface area contributed by atoms with Gasteiger partial charge in [0.2, 0.25) is 15.8 Å². The fraction of sp³-hybridized carbons (Fsp3) is 0.526. The average Bonchev–Trinajstić information content (AvgIpc) is 2.98. The summed E-state index contributed by atoms with van der Waals surface area (Å²) in [5, 5.41) is 0.597. The smallest absolute Gasteiger partial charge is 0.374 e. The Labute approximate surface area is 171 Å². The third kappa shape index (κ3) is 4.20. The van der Waals surface area contributed by atoms with Crippen LogP contribution in [-0.2, 0) is 14.8 Å². The quantitative estimate of drug-likeness (QED) is 0.731. The van der Waals surface area contributed by atoms with Gasteiger partial charge in [0.15, 0.2) is 0 Å². The molecule has 28 heavy (non-hydrogen) atoms. The fourth-order valence-corrected chi connectivity index (χ4v) is 5.08. The number of benzene rings is 1. The molecule has 0 radical (unpaired) electrons. The molecule has 0 bridgehead atoms. The Kier molecular flexibility index (Phi) is 7.14. The molecule has 2 aromatic rings. The molecule has 3 rings (SSSR count). The first-order chi connectivity index (χ1) is 12.8. The number of nitrogens with two attached hydrogens (primary N) is 1. The van der Waals surface area contributed by atoms with Crippen molar-refractivity contribution >= 4 is 39.4 Å². The molecule has 0 aliphatic carbocycles. The normalized spacial score (nSPS) is 19.2. The summed E-state index contributed by atoms with van der Waals surface area (Å²) in [6.07, 6.45) is 1.73. The van der Waals surface area contributed by atoms with Crippen LogP contribution in [0.2, 0.25) is 0 Å². The van der Waals surface area contributed by atoms with E-state index < -0.39 is 16.0 Å². The van der Waals surface area contributed by atoms with Crippen molar-refractivity contribution in [1.29, 1.82) is 0 Å². The van der Waals surface area contributed by atoms with Crippen LogP contribution in [0.25, 0.3) is 11.0 Å². The maximum atomic E-state index is 13.1. The lowest BCUT2D eigenvalue weighted by molar-refractivity contribution is 0.0491. The van der Waals surface area contributed by atoms with E-state index >= 15 is 0 Å². The number of aryl methyl sites for hydroxylation is 1. The van der Waals surface area contributed by atoms with Gasteiger partial charge in [-0.1, -0.05) is 0 Å². The van der Waals surface area contributed by atoms with Crippen molar-refractivity contribution in [3.05, 3.63) is 29.5 Å². The molecule has 1 aromatic heterocycles. The average molecular weight is 431 g/mol. The first-order valence-electron chi connectivity index (χ1n) is 9.21. The highest BCUT2D eigenvalue weighted by Gasteiger charge is 2.32. The first kappa shape index (κ1) is 22.7. The molecular weight excluding hydrogens is 404 g/mol. The minimum absolute atomic E-state index is 0. The Morgan fingerprint density at radius 3 is 2.79 bits per heavy atom. The zero-order valence-electron chi connectivity index (χ0n) is 16.3. The molecule has 1 saturated heterocycles. The lowest BCUT2D eigenvalue weighted by atomic mass is 9.93. The number of piperidine rings is 1. The van der Waals surface area contributed by atoms with Crippen LogP contribution in [0.3, 0.4) is 0 Å². The molecule has 156 valence electrons. The van der Waals surface area contributed by atoms with Crippen molar-refractivity contribution in [3.63, 3.8) is 0 Å². The van der Waals surface area contributed by atoms with Crippen LogP contribution in [0.1, 0.15) is 42.8 Å². The Morgan fingerprint density at radius 1 is 1.43 bits per heavy atom. The minimum atomic E-state index is -3.64. The van der Waals surface area contributed by atoms with Gasteiger partial charge in [0.25, 0.3) is 0 Å². The van der Waals surface area contributed by atoms with Gasteiger partial charge in [-0.2, -0.15) is 4.31 Å². The van der Waals surface area contributed by atoms with Gasteiger partial charge in [-0.25, -0.2) is 13.2 Å². The van der Waals surface area contributed by atoms with Crippen LogP contribution in [0, 0.1) is 12.8 Å². The van der Waals surface area contributed by atoms with Gasteiger partial charge in [-0.05, 0) is 57.7 Å². The highest BCUT2D eigenvalue weighted by Crippen LogP contribution is 2.31. The molecule has 7 nitrogen and oxygen atoms in total. The zero-order valence-corrected chi connectivity index (χ0v) is 17.9. The molecular formula is C19H27ClN2O5S. The van der Waals surface area contributed by atoms with E-state index in [1.54, 1.807) is 26.0 Å². The Hall–Kier alpha value is -1.61. The molecule has 9 heteroatoms. The minimum Gasteiger partial charge on any atom is -0.460 e. The number of halogens is 1. The molecule has 1 fully saturated rings. The summed E-state index contributed by atoms with van der Waals surface area (Å²) in [6.45, 7) is 6.51. The maximum absolute atomic E-state index is 13.1. The van der Waals surface area contributed by atoms with E-state index in [1.807, 2.05) is 6.92 Å². The number of ether oxygens (including phenoxy) is 1. The summed E-state index contributed by atoms with van der Waals surface area (Å²) in [6, 6.07) is 4.63. The summed E-state index contributed by atoms with van der Waals surface area (Å²) in [5.74, 6) is -0.286. The SMILES string of the molecule is CCOC(=O)c1oc2ccc(S(=O)(=O)N3CCCC(C(C)N)C3)cc2c1C.Cl. The predicted octanol–water partition coefficient (Wildman–Crippen LogP) is 3.09. The number of fused-ring (bicyclic) bond motifs is 1. The first-order valence-corrected chi connectivity index (χ1v) is 10.7. The van der Waals surface area contributed by atoms with Gasteiger partial charge in [0.1, 0.15) is 5.58 Å². The van der Waals surface area contributed by atoms with Crippen molar-refractivity contribution in [2.24, 2.45) is 11.7 Å². The number of sulfonamides is 1. The molecule has 0 saturated carbocycles. The van der Waals surface area contributed by atoms with Crippen molar-refractivity contribution in [2.75, 3.05) is 19.7 Å². The zero-order chi connectivity index (χ0) is 19.8. The number of carbonyl (C=O) groups is 1. The van der Waals surface area contributed by atoms with E-state index in [0.717, 1.165) is 12.8 Å². The van der Waals surface area contributed by atoms with E-state index in [1.165, 1.54) is 10.4 Å². The second kappa shape index (κ2) is 8.82. The number of hydrogen-bond donors (Lipinski definition) is 1. The van der Waals surface area contributed by atoms with E-state index in [0.29, 0.717) is 29.6 Å². The Balaban J connectivity index is 0.00000280. The van der Waals surface area contributed by atoms with E-state index in [-0.39, 0.29) is 41.6 Å². The molecule has 0 spiro atoms. The number of furan rings is 1. The van der Waals surface area contributed by atoms with Gasteiger partial charge >= 0.3 is 5.97 Å². The van der Waals surface area contributed by atoms with Crippen LogP contribution >= 0.6 is 12.4 Å². The monoisotopic (exact) mass is 430 g/mol. The molecule has 0 amide bonds. The number of esters is 1. The second-order valence-electron chi connectivity index (χ2n) is 7.06. The van der Waals surface area contributed by atoms with Crippen molar-refractivity contribution < 1.29 is 22.4 Å². The highest BCUT2D eigenvalue weighted by atomic mass is 35.5. The Bertz CT molecular complexity index is 955. The summed E-state index contributed by atoms with van der Waals surface area (Å²) in [5.41, 5.74) is 7.02. The van der Waals surface area contributed by atoms with Crippen LogP contribution in [-0.4, -0.2) is 44.4 Å². The van der Waals surface area contributed by atoms with Gasteiger partial charge in [-0.3, -0.25) is 0 Å². The summed E-state index contributed by atoms with van der Waals surface area (Å²) >= 11 is 0. The van der Waals surface area contributed by atoms with E-state index in [2.05, 4.69) is 0 Å². The van der Waals surface area contributed by atoms with Crippen LogP contribution in [0.15, 0.2) is 27.5 Å². The topological polar surface area (TPSA) is 103 Å². The van der Waals surface area contributed by atoms with Gasteiger partial charge in [0.05, 0.1) is 11.5 Å². The molecule has 2 unspecified atom stereocenters. The van der Waals surface area contributed by atoms with Crippen molar-refractivity contribution in [2.45, 2.75) is 44.6 Å². The molecule has 2 N–H and O–H groups in total. The molecule has 2 atom stereocenters. The van der Waals surface area contributed by atoms with Crippen molar-refractivity contribution in [1.82, 2.24) is 4.31 Å². The van der Waals surface area contributed by atoms with Crippen LogP contribution < -0.4 is 5.73 Å². The number of carbonyl (C=O) groups excluding carboxylic acids is 1.